The van der Waals surface area contributed by atoms with Gasteiger partial charge in [0.15, 0.2) is 18.8 Å². The average molecular weight is 300 g/mol. The number of hydrogen-bond donors (Lipinski definition) is 0. The summed E-state index contributed by atoms with van der Waals surface area (Å²) in [4.78, 5) is 0. The van der Waals surface area contributed by atoms with Gasteiger partial charge >= 0.3 is 0 Å². The first kappa shape index (κ1) is 15.4. The van der Waals surface area contributed by atoms with E-state index in [0.29, 0.717) is 0 Å². The van der Waals surface area contributed by atoms with Gasteiger partial charge in [0.05, 0.1) is 0 Å². The summed E-state index contributed by atoms with van der Waals surface area (Å²) in [6, 6.07) is 8.87. The van der Waals surface area contributed by atoms with E-state index < -0.39 is 10.2 Å². The summed E-state index contributed by atoms with van der Waals surface area (Å²) in [5.74, 6) is 0. The largest absolute Gasteiger partial charge is 0.228 e. The zero-order valence-corrected chi connectivity index (χ0v) is 12.0. The zero-order chi connectivity index (χ0) is 14.6. The lowest BCUT2D eigenvalue weighted by Gasteiger charge is -2.17. The van der Waals surface area contributed by atoms with Crippen LogP contribution in [-0.2, 0) is 13.1 Å². The maximum Gasteiger partial charge on any atom is 0.169 e. The van der Waals surface area contributed by atoms with Crippen molar-refractivity contribution in [1.29, 1.82) is 0 Å². The number of benzene rings is 1. The third kappa shape index (κ3) is 4.85. The number of fused-ring (bicyclic) bond motifs is 1. The molecular formula is C14H18ClNO4. The summed E-state index contributed by atoms with van der Waals surface area (Å²) in [5, 5.41) is 0. The molecule has 0 saturated heterocycles. The lowest BCUT2D eigenvalue weighted by molar-refractivity contribution is -2.00. The van der Waals surface area contributed by atoms with Crippen molar-refractivity contribution < 1.29 is 33.5 Å². The minimum atomic E-state index is -4.94. The molecule has 2 aliphatic rings. The van der Waals surface area contributed by atoms with E-state index in [9.17, 15) is 0 Å². The Morgan fingerprint density at radius 2 is 1.25 bits per heavy atom. The summed E-state index contributed by atoms with van der Waals surface area (Å²) in [7, 11) is -4.94. The Morgan fingerprint density at radius 3 is 1.70 bits per heavy atom. The fourth-order valence-corrected chi connectivity index (χ4v) is 2.83. The second-order valence-electron chi connectivity index (χ2n) is 5.13. The highest BCUT2D eigenvalue weighted by Gasteiger charge is 2.25. The molecule has 0 radical (unpaired) electrons. The van der Waals surface area contributed by atoms with E-state index in [1.165, 1.54) is 43.2 Å². The molecular weight excluding hydrogens is 282 g/mol. The van der Waals surface area contributed by atoms with Gasteiger partial charge in [-0.15, -0.1) is 10.2 Å². The van der Waals surface area contributed by atoms with E-state index in [2.05, 4.69) is 28.8 Å². The fourth-order valence-electron chi connectivity index (χ4n) is 2.83. The number of halogens is 1. The second kappa shape index (κ2) is 6.65. The van der Waals surface area contributed by atoms with Crippen LogP contribution in [0.1, 0.15) is 43.2 Å². The molecule has 6 heteroatoms. The first-order valence-corrected chi connectivity index (χ1v) is 7.95. The van der Waals surface area contributed by atoms with Crippen LogP contribution in [0.25, 0.3) is 0 Å². The molecule has 1 aliphatic heterocycles. The fraction of sp³-hybridized carbons (Fsp3) is 0.500. The Kier molecular flexibility index (Phi) is 5.12. The minimum absolute atomic E-state index is 1.16. The SMILES string of the molecule is [O-][Cl+3]([O-])([O-])[O-].c1ccc2c(c1)C[N+](=C1CCCCC1)C2. The average Bonchev–Trinajstić information content (AvgIpc) is 2.81. The van der Waals surface area contributed by atoms with Crippen LogP contribution in [0.4, 0.5) is 0 Å². The molecule has 1 heterocycles. The smallest absolute Gasteiger partial charge is 0.169 e. The highest BCUT2D eigenvalue weighted by Crippen LogP contribution is 2.22. The van der Waals surface area contributed by atoms with Crippen LogP contribution in [0.3, 0.4) is 0 Å². The van der Waals surface area contributed by atoms with Crippen LogP contribution in [0.15, 0.2) is 24.3 Å². The van der Waals surface area contributed by atoms with Gasteiger partial charge in [-0.3, -0.25) is 0 Å². The monoisotopic (exact) mass is 299 g/mol. The third-order valence-corrected chi connectivity index (χ3v) is 3.72. The van der Waals surface area contributed by atoms with Gasteiger partial charge in [-0.2, -0.15) is 0 Å². The summed E-state index contributed by atoms with van der Waals surface area (Å²) in [6.07, 6.45) is 6.93. The second-order valence-corrected chi connectivity index (χ2v) is 5.89. The van der Waals surface area contributed by atoms with Gasteiger partial charge in [0.2, 0.25) is 0 Å². The predicted molar refractivity (Wildman–Crippen MR) is 62.2 cm³/mol. The molecule has 0 amide bonds. The molecule has 1 aliphatic carbocycles. The molecule has 1 saturated carbocycles. The van der Waals surface area contributed by atoms with Crippen molar-refractivity contribution in [2.24, 2.45) is 0 Å². The van der Waals surface area contributed by atoms with Crippen LogP contribution in [0, 0.1) is 10.2 Å². The van der Waals surface area contributed by atoms with Gasteiger partial charge in [0, 0.05) is 24.0 Å². The normalized spacial score (nSPS) is 18.4. The lowest BCUT2D eigenvalue weighted by Crippen LogP contribution is -2.68. The summed E-state index contributed by atoms with van der Waals surface area (Å²) < 4.78 is 36.6. The van der Waals surface area contributed by atoms with Crippen molar-refractivity contribution in [3.05, 3.63) is 35.4 Å². The van der Waals surface area contributed by atoms with Crippen molar-refractivity contribution in [3.63, 3.8) is 0 Å². The van der Waals surface area contributed by atoms with Crippen molar-refractivity contribution >= 4 is 5.71 Å². The van der Waals surface area contributed by atoms with Crippen LogP contribution in [0.2, 0.25) is 0 Å². The molecule has 0 N–H and O–H groups in total. The Hall–Kier alpha value is -0.980. The summed E-state index contributed by atoms with van der Waals surface area (Å²) >= 11 is 0. The van der Waals surface area contributed by atoms with E-state index in [4.69, 9.17) is 18.6 Å². The van der Waals surface area contributed by atoms with Gasteiger partial charge in [-0.25, -0.2) is 23.2 Å². The topological polar surface area (TPSA) is 95.2 Å². The highest BCUT2D eigenvalue weighted by atomic mass is 35.7. The minimum Gasteiger partial charge on any atom is -0.228 e. The summed E-state index contributed by atoms with van der Waals surface area (Å²) in [5.41, 5.74) is 4.78. The van der Waals surface area contributed by atoms with Crippen LogP contribution in [-0.4, -0.2) is 10.3 Å². The van der Waals surface area contributed by atoms with E-state index in [-0.39, 0.29) is 0 Å². The molecule has 20 heavy (non-hydrogen) atoms. The maximum absolute atomic E-state index is 8.49. The number of rotatable bonds is 0. The lowest BCUT2D eigenvalue weighted by atomic mass is 9.98. The molecule has 1 aromatic rings. The van der Waals surface area contributed by atoms with E-state index in [1.54, 1.807) is 5.71 Å². The number of nitrogens with zero attached hydrogens (tertiary/aromatic N) is 1. The van der Waals surface area contributed by atoms with Gasteiger partial charge < -0.3 is 0 Å². The molecule has 0 spiro atoms. The van der Waals surface area contributed by atoms with E-state index >= 15 is 0 Å². The molecule has 3 rings (SSSR count). The molecule has 0 atom stereocenters. The highest BCUT2D eigenvalue weighted by molar-refractivity contribution is 5.80. The molecule has 0 aromatic heterocycles. The van der Waals surface area contributed by atoms with Gasteiger partial charge in [0.1, 0.15) is 0 Å². The molecule has 0 unspecified atom stereocenters. The van der Waals surface area contributed by atoms with Crippen molar-refractivity contribution in [1.82, 2.24) is 0 Å². The first-order chi connectivity index (χ1) is 9.43. The van der Waals surface area contributed by atoms with Gasteiger partial charge in [-0.05, 0) is 12.8 Å². The molecule has 1 aromatic carbocycles. The zero-order valence-electron chi connectivity index (χ0n) is 11.2. The van der Waals surface area contributed by atoms with Crippen molar-refractivity contribution in [3.8, 4) is 0 Å². The third-order valence-electron chi connectivity index (χ3n) is 3.72. The quantitative estimate of drug-likeness (QED) is 0.537. The molecule has 110 valence electrons. The Balaban J connectivity index is 0.000000257. The standard InChI is InChI=1S/C14H18N.ClHO4/c1-2-8-14(9-3-1)15-10-12-6-4-5-7-13(12)11-15;2-1(3,4)5/h4-7H,1-3,8-11H2;(H,2,3,4,5)/q+1;/p-1. The van der Waals surface area contributed by atoms with E-state index in [1.807, 2.05) is 0 Å². The Bertz CT molecular complexity index is 455. The van der Waals surface area contributed by atoms with E-state index in [0.717, 1.165) is 13.1 Å². The predicted octanol–water partition coefficient (Wildman–Crippen LogP) is -1.64. The van der Waals surface area contributed by atoms with Crippen molar-refractivity contribution in [2.75, 3.05) is 0 Å². The molecule has 5 nitrogen and oxygen atoms in total. The van der Waals surface area contributed by atoms with Crippen LogP contribution < -0.4 is 18.6 Å². The summed E-state index contributed by atoms with van der Waals surface area (Å²) in [6.45, 7) is 2.32. The van der Waals surface area contributed by atoms with Crippen molar-refractivity contribution in [2.45, 2.75) is 45.2 Å². The Morgan fingerprint density at radius 1 is 0.800 bits per heavy atom. The molecule has 0 bridgehead atoms. The maximum atomic E-state index is 8.49. The molecule has 1 fully saturated rings. The number of hydrogen-bond acceptors (Lipinski definition) is 4. The first-order valence-electron chi connectivity index (χ1n) is 6.71. The van der Waals surface area contributed by atoms with Crippen LogP contribution in [0.5, 0.6) is 0 Å². The van der Waals surface area contributed by atoms with Crippen LogP contribution >= 0.6 is 0 Å². The Labute approximate surface area is 120 Å². The van der Waals surface area contributed by atoms with Gasteiger partial charge in [0.25, 0.3) is 0 Å². The van der Waals surface area contributed by atoms with Gasteiger partial charge in [-0.1, -0.05) is 30.7 Å².